The van der Waals surface area contributed by atoms with Crippen molar-refractivity contribution in [2.75, 3.05) is 6.54 Å². The molecular formula is C21H20FN3O3. The fraction of sp³-hybridized carbons (Fsp3) is 0.238. The van der Waals surface area contributed by atoms with Crippen LogP contribution in [0.5, 0.6) is 0 Å². The van der Waals surface area contributed by atoms with Gasteiger partial charge in [-0.1, -0.05) is 47.6 Å². The second kappa shape index (κ2) is 9.55. The van der Waals surface area contributed by atoms with E-state index in [9.17, 15) is 14.0 Å². The van der Waals surface area contributed by atoms with E-state index < -0.39 is 5.82 Å². The number of rotatable bonds is 9. The number of halogens is 1. The Hall–Kier alpha value is -3.35. The molecule has 0 atom stereocenters. The summed E-state index contributed by atoms with van der Waals surface area (Å²) in [6.45, 7) is 0.426. The summed E-state index contributed by atoms with van der Waals surface area (Å²) in [5, 5.41) is 6.68. The van der Waals surface area contributed by atoms with Gasteiger partial charge in [0.1, 0.15) is 5.82 Å². The van der Waals surface area contributed by atoms with Crippen LogP contribution in [0.3, 0.4) is 0 Å². The number of aromatic nitrogens is 2. The van der Waals surface area contributed by atoms with Crippen molar-refractivity contribution in [3.05, 3.63) is 71.9 Å². The summed E-state index contributed by atoms with van der Waals surface area (Å²) in [6, 6.07) is 15.3. The molecule has 0 aliphatic carbocycles. The quantitative estimate of drug-likeness (QED) is 0.452. The molecule has 28 heavy (non-hydrogen) atoms. The van der Waals surface area contributed by atoms with Gasteiger partial charge in [0.05, 0.1) is 5.56 Å². The van der Waals surface area contributed by atoms with Crippen molar-refractivity contribution in [2.45, 2.75) is 25.7 Å². The molecule has 6 nitrogen and oxygen atoms in total. The molecule has 0 unspecified atom stereocenters. The molecule has 0 aliphatic rings. The van der Waals surface area contributed by atoms with E-state index in [4.69, 9.17) is 4.52 Å². The molecule has 0 saturated heterocycles. The van der Waals surface area contributed by atoms with E-state index in [1.54, 1.807) is 6.07 Å². The Labute approximate surface area is 161 Å². The zero-order valence-corrected chi connectivity index (χ0v) is 15.2. The number of benzene rings is 2. The number of hydrogen-bond donors (Lipinski definition) is 1. The first-order chi connectivity index (χ1) is 13.6. The van der Waals surface area contributed by atoms with Gasteiger partial charge in [-0.05, 0) is 18.6 Å². The lowest BCUT2D eigenvalue weighted by Gasteiger charge is -2.04. The van der Waals surface area contributed by atoms with E-state index in [0.717, 1.165) is 5.56 Å². The second-order valence-corrected chi connectivity index (χ2v) is 6.23. The molecule has 0 saturated carbocycles. The van der Waals surface area contributed by atoms with Crippen molar-refractivity contribution in [2.24, 2.45) is 0 Å². The SMILES string of the molecule is O=C(CCC(=O)c1ccccc1F)NCCCc1nc(-c2ccccc2)no1. The predicted molar refractivity (Wildman–Crippen MR) is 101 cm³/mol. The number of nitrogens with zero attached hydrogens (tertiary/aromatic N) is 2. The average molecular weight is 381 g/mol. The van der Waals surface area contributed by atoms with Crippen LogP contribution in [0.2, 0.25) is 0 Å². The number of hydrogen-bond acceptors (Lipinski definition) is 5. The summed E-state index contributed by atoms with van der Waals surface area (Å²) in [7, 11) is 0. The molecule has 1 aromatic heterocycles. The lowest BCUT2D eigenvalue weighted by atomic mass is 10.1. The molecular weight excluding hydrogens is 361 g/mol. The van der Waals surface area contributed by atoms with Crippen LogP contribution in [0, 0.1) is 5.82 Å². The molecule has 144 valence electrons. The lowest BCUT2D eigenvalue weighted by molar-refractivity contribution is -0.121. The Morgan fingerprint density at radius 1 is 1.00 bits per heavy atom. The Morgan fingerprint density at radius 2 is 1.75 bits per heavy atom. The fourth-order valence-corrected chi connectivity index (χ4v) is 2.67. The smallest absolute Gasteiger partial charge is 0.227 e. The van der Waals surface area contributed by atoms with Gasteiger partial charge in [0.25, 0.3) is 0 Å². The van der Waals surface area contributed by atoms with E-state index >= 15 is 0 Å². The van der Waals surface area contributed by atoms with E-state index in [-0.39, 0.29) is 30.1 Å². The maximum atomic E-state index is 13.5. The fourth-order valence-electron chi connectivity index (χ4n) is 2.67. The monoisotopic (exact) mass is 381 g/mol. The van der Waals surface area contributed by atoms with Crippen LogP contribution in [-0.4, -0.2) is 28.4 Å². The first-order valence-corrected chi connectivity index (χ1v) is 9.06. The molecule has 7 heteroatoms. The summed E-state index contributed by atoms with van der Waals surface area (Å²) in [5.74, 6) is -0.163. The van der Waals surface area contributed by atoms with Crippen LogP contribution in [0.1, 0.15) is 35.5 Å². The highest BCUT2D eigenvalue weighted by Crippen LogP contribution is 2.15. The van der Waals surface area contributed by atoms with Gasteiger partial charge >= 0.3 is 0 Å². The molecule has 0 spiro atoms. The van der Waals surface area contributed by atoms with Crippen LogP contribution in [0.4, 0.5) is 4.39 Å². The minimum absolute atomic E-state index is 0.0147. The molecule has 0 aliphatic heterocycles. The second-order valence-electron chi connectivity index (χ2n) is 6.23. The van der Waals surface area contributed by atoms with Crippen LogP contribution in [-0.2, 0) is 11.2 Å². The summed E-state index contributed by atoms with van der Waals surface area (Å²) < 4.78 is 18.8. The topological polar surface area (TPSA) is 85.1 Å². The van der Waals surface area contributed by atoms with E-state index in [1.807, 2.05) is 30.3 Å². The van der Waals surface area contributed by atoms with Crippen LogP contribution in [0.25, 0.3) is 11.4 Å². The van der Waals surface area contributed by atoms with E-state index in [2.05, 4.69) is 15.5 Å². The number of carbonyl (C=O) groups excluding carboxylic acids is 2. The maximum absolute atomic E-state index is 13.5. The summed E-state index contributed by atoms with van der Waals surface area (Å²) in [4.78, 5) is 28.1. The van der Waals surface area contributed by atoms with Gasteiger partial charge in [0.2, 0.25) is 17.6 Å². The Balaban J connectivity index is 1.36. The van der Waals surface area contributed by atoms with Gasteiger partial charge in [-0.3, -0.25) is 9.59 Å². The number of ketones is 1. The van der Waals surface area contributed by atoms with Gasteiger partial charge in [0.15, 0.2) is 5.78 Å². The Kier molecular flexibility index (Phi) is 6.62. The number of aryl methyl sites for hydroxylation is 1. The largest absolute Gasteiger partial charge is 0.356 e. The standard InChI is InChI=1S/C21H20FN3O3/c22-17-10-5-4-9-16(17)18(26)12-13-19(27)23-14-6-11-20-24-21(25-28-20)15-7-2-1-3-8-15/h1-5,7-10H,6,11-14H2,(H,23,27). The summed E-state index contributed by atoms with van der Waals surface area (Å²) in [6.07, 6.45) is 1.15. The number of Topliss-reactive ketones (excluding diaryl/α,β-unsaturated/α-hetero) is 1. The molecule has 1 amide bonds. The third-order valence-electron chi connectivity index (χ3n) is 4.14. The molecule has 1 N–H and O–H groups in total. The van der Waals surface area contributed by atoms with Crippen molar-refractivity contribution in [3.63, 3.8) is 0 Å². The molecule has 3 aromatic rings. The third kappa shape index (κ3) is 5.33. The number of nitrogens with one attached hydrogen (secondary N) is 1. The molecule has 1 heterocycles. The van der Waals surface area contributed by atoms with Gasteiger partial charge in [-0.2, -0.15) is 4.98 Å². The first kappa shape index (κ1) is 19.4. The highest BCUT2D eigenvalue weighted by atomic mass is 19.1. The zero-order chi connectivity index (χ0) is 19.8. The van der Waals surface area contributed by atoms with E-state index in [0.29, 0.717) is 31.1 Å². The normalized spacial score (nSPS) is 10.6. The van der Waals surface area contributed by atoms with Crippen molar-refractivity contribution in [1.82, 2.24) is 15.5 Å². The van der Waals surface area contributed by atoms with Crippen LogP contribution >= 0.6 is 0 Å². The summed E-state index contributed by atoms with van der Waals surface area (Å²) in [5.41, 5.74) is 0.895. The van der Waals surface area contributed by atoms with Crippen molar-refractivity contribution < 1.29 is 18.5 Å². The van der Waals surface area contributed by atoms with Crippen molar-refractivity contribution in [1.29, 1.82) is 0 Å². The molecule has 2 aromatic carbocycles. The predicted octanol–water partition coefficient (Wildman–Crippen LogP) is 3.59. The van der Waals surface area contributed by atoms with Crippen LogP contribution < -0.4 is 5.32 Å². The highest BCUT2D eigenvalue weighted by molar-refractivity contribution is 5.98. The Morgan fingerprint density at radius 3 is 2.54 bits per heavy atom. The molecule has 3 rings (SSSR count). The first-order valence-electron chi connectivity index (χ1n) is 9.06. The van der Waals surface area contributed by atoms with Crippen molar-refractivity contribution in [3.8, 4) is 11.4 Å². The van der Waals surface area contributed by atoms with Crippen molar-refractivity contribution >= 4 is 11.7 Å². The summed E-state index contributed by atoms with van der Waals surface area (Å²) >= 11 is 0. The van der Waals surface area contributed by atoms with Gasteiger partial charge in [-0.15, -0.1) is 0 Å². The lowest BCUT2D eigenvalue weighted by Crippen LogP contribution is -2.25. The third-order valence-corrected chi connectivity index (χ3v) is 4.14. The van der Waals surface area contributed by atoms with Gasteiger partial charge in [0, 0.05) is 31.4 Å². The highest BCUT2D eigenvalue weighted by Gasteiger charge is 2.13. The van der Waals surface area contributed by atoms with E-state index in [1.165, 1.54) is 18.2 Å². The average Bonchev–Trinajstić information content (AvgIpc) is 3.19. The molecule has 0 fully saturated rings. The minimum Gasteiger partial charge on any atom is -0.356 e. The maximum Gasteiger partial charge on any atom is 0.227 e. The van der Waals surface area contributed by atoms with Gasteiger partial charge < -0.3 is 9.84 Å². The van der Waals surface area contributed by atoms with Gasteiger partial charge in [-0.25, -0.2) is 4.39 Å². The number of carbonyl (C=O) groups is 2. The minimum atomic E-state index is -0.567. The molecule has 0 radical (unpaired) electrons. The number of amides is 1. The zero-order valence-electron chi connectivity index (χ0n) is 15.2. The van der Waals surface area contributed by atoms with Crippen LogP contribution in [0.15, 0.2) is 59.1 Å². The Bertz CT molecular complexity index is 941. The molecule has 0 bridgehead atoms.